The lowest BCUT2D eigenvalue weighted by Crippen LogP contribution is -2.46. The van der Waals surface area contributed by atoms with Crippen LogP contribution in [0.1, 0.15) is 17.5 Å². The first-order valence-electron chi connectivity index (χ1n) is 5.41. The monoisotopic (exact) mass is 219 g/mol. The molecule has 1 aromatic rings. The summed E-state index contributed by atoms with van der Waals surface area (Å²) in [6.45, 7) is 0.719. The highest BCUT2D eigenvalue weighted by Gasteiger charge is 2.38. The SMILES string of the molecule is O=C1CCc2cc(C3(O)COC3)ccc2N1. The summed E-state index contributed by atoms with van der Waals surface area (Å²) in [5.41, 5.74) is 2.02. The first-order chi connectivity index (χ1) is 7.67. The average Bonchev–Trinajstić information content (AvgIpc) is 2.25. The molecule has 1 fully saturated rings. The molecule has 2 aliphatic heterocycles. The molecule has 0 atom stereocenters. The van der Waals surface area contributed by atoms with Crippen molar-refractivity contribution in [3.63, 3.8) is 0 Å². The van der Waals surface area contributed by atoms with Crippen LogP contribution < -0.4 is 5.32 Å². The van der Waals surface area contributed by atoms with Gasteiger partial charge in [0.25, 0.3) is 0 Å². The molecular formula is C12H13NO3. The molecule has 0 spiro atoms. The van der Waals surface area contributed by atoms with Gasteiger partial charge in [0.2, 0.25) is 5.91 Å². The summed E-state index contributed by atoms with van der Waals surface area (Å²) < 4.78 is 5.03. The summed E-state index contributed by atoms with van der Waals surface area (Å²) in [4.78, 5) is 11.2. The maximum Gasteiger partial charge on any atom is 0.224 e. The van der Waals surface area contributed by atoms with Gasteiger partial charge in [0.1, 0.15) is 5.60 Å². The molecule has 2 heterocycles. The number of fused-ring (bicyclic) bond motifs is 1. The van der Waals surface area contributed by atoms with E-state index in [0.717, 1.165) is 23.2 Å². The molecule has 0 radical (unpaired) electrons. The van der Waals surface area contributed by atoms with Crippen molar-refractivity contribution in [3.05, 3.63) is 29.3 Å². The predicted molar refractivity (Wildman–Crippen MR) is 58.1 cm³/mol. The molecule has 4 heteroatoms. The zero-order chi connectivity index (χ0) is 11.2. The van der Waals surface area contributed by atoms with Gasteiger partial charge in [0.05, 0.1) is 13.2 Å². The third-order valence-corrected chi connectivity index (χ3v) is 3.22. The number of ether oxygens (including phenoxy) is 1. The van der Waals surface area contributed by atoms with Crippen molar-refractivity contribution in [2.75, 3.05) is 18.5 Å². The molecule has 0 bridgehead atoms. The number of carbonyl (C=O) groups is 1. The minimum absolute atomic E-state index is 0.0611. The Morgan fingerprint density at radius 1 is 1.31 bits per heavy atom. The maximum atomic E-state index is 11.2. The molecule has 0 aliphatic carbocycles. The van der Waals surface area contributed by atoms with E-state index in [-0.39, 0.29) is 5.91 Å². The highest BCUT2D eigenvalue weighted by molar-refractivity contribution is 5.93. The van der Waals surface area contributed by atoms with E-state index >= 15 is 0 Å². The van der Waals surface area contributed by atoms with Gasteiger partial charge in [-0.15, -0.1) is 0 Å². The van der Waals surface area contributed by atoms with E-state index in [0.29, 0.717) is 19.6 Å². The van der Waals surface area contributed by atoms with Crippen LogP contribution in [0.25, 0.3) is 0 Å². The molecule has 1 aromatic carbocycles. The Bertz CT molecular complexity index is 452. The van der Waals surface area contributed by atoms with Gasteiger partial charge in [0.15, 0.2) is 0 Å². The summed E-state index contributed by atoms with van der Waals surface area (Å²) in [6, 6.07) is 5.68. The van der Waals surface area contributed by atoms with Gasteiger partial charge in [-0.2, -0.15) is 0 Å². The normalized spacial score (nSPS) is 21.9. The topological polar surface area (TPSA) is 58.6 Å². The molecule has 3 rings (SSSR count). The van der Waals surface area contributed by atoms with Crippen LogP contribution >= 0.6 is 0 Å². The number of anilines is 1. The van der Waals surface area contributed by atoms with Crippen LogP contribution in [0.5, 0.6) is 0 Å². The maximum absolute atomic E-state index is 11.2. The number of aliphatic hydroxyl groups is 1. The van der Waals surface area contributed by atoms with E-state index < -0.39 is 5.60 Å². The van der Waals surface area contributed by atoms with E-state index in [1.165, 1.54) is 0 Å². The van der Waals surface area contributed by atoms with Crippen LogP contribution in [-0.4, -0.2) is 24.2 Å². The van der Waals surface area contributed by atoms with Gasteiger partial charge in [-0.1, -0.05) is 12.1 Å². The fourth-order valence-corrected chi connectivity index (χ4v) is 2.13. The standard InChI is InChI=1S/C12H13NO3/c14-11-4-1-8-5-9(2-3-10(8)13-11)12(15)6-16-7-12/h2-3,5,15H,1,4,6-7H2,(H,13,14). The second-order valence-electron chi connectivity index (χ2n) is 4.44. The lowest BCUT2D eigenvalue weighted by molar-refractivity contribution is -0.184. The molecule has 1 amide bonds. The lowest BCUT2D eigenvalue weighted by atomic mass is 9.89. The Morgan fingerprint density at radius 2 is 2.12 bits per heavy atom. The Morgan fingerprint density at radius 3 is 2.81 bits per heavy atom. The third kappa shape index (κ3) is 1.42. The van der Waals surface area contributed by atoms with Gasteiger partial charge < -0.3 is 15.2 Å². The third-order valence-electron chi connectivity index (χ3n) is 3.22. The lowest BCUT2D eigenvalue weighted by Gasteiger charge is -2.37. The van der Waals surface area contributed by atoms with Crippen LogP contribution in [-0.2, 0) is 21.6 Å². The van der Waals surface area contributed by atoms with E-state index in [1.807, 2.05) is 18.2 Å². The largest absolute Gasteiger partial charge is 0.380 e. The van der Waals surface area contributed by atoms with Gasteiger partial charge in [-0.3, -0.25) is 4.79 Å². The van der Waals surface area contributed by atoms with Crippen LogP contribution in [0.15, 0.2) is 18.2 Å². The molecular weight excluding hydrogens is 206 g/mol. The fourth-order valence-electron chi connectivity index (χ4n) is 2.13. The van der Waals surface area contributed by atoms with E-state index in [1.54, 1.807) is 0 Å². The van der Waals surface area contributed by atoms with Crippen molar-refractivity contribution in [2.24, 2.45) is 0 Å². The molecule has 0 saturated carbocycles. The number of carbonyl (C=O) groups excluding carboxylic acids is 1. The molecule has 2 N–H and O–H groups in total. The number of hydrogen-bond donors (Lipinski definition) is 2. The van der Waals surface area contributed by atoms with Crippen molar-refractivity contribution in [1.82, 2.24) is 0 Å². The van der Waals surface area contributed by atoms with E-state index in [2.05, 4.69) is 5.32 Å². The first-order valence-corrected chi connectivity index (χ1v) is 5.41. The number of aryl methyl sites for hydroxylation is 1. The summed E-state index contributed by atoms with van der Waals surface area (Å²) >= 11 is 0. The minimum atomic E-state index is -0.823. The zero-order valence-corrected chi connectivity index (χ0v) is 8.82. The van der Waals surface area contributed by atoms with Crippen LogP contribution in [0, 0.1) is 0 Å². The predicted octanol–water partition coefficient (Wildman–Crippen LogP) is 0.789. The molecule has 2 aliphatic rings. The Balaban J connectivity index is 1.96. The molecule has 4 nitrogen and oxygen atoms in total. The summed E-state index contributed by atoms with van der Waals surface area (Å²) in [5.74, 6) is 0.0611. The van der Waals surface area contributed by atoms with Gasteiger partial charge in [-0.05, 0) is 23.6 Å². The Labute approximate surface area is 93.2 Å². The highest BCUT2D eigenvalue weighted by Crippen LogP contribution is 2.33. The van der Waals surface area contributed by atoms with Crippen molar-refractivity contribution in [1.29, 1.82) is 0 Å². The first kappa shape index (κ1) is 9.81. The number of rotatable bonds is 1. The zero-order valence-electron chi connectivity index (χ0n) is 8.82. The molecule has 16 heavy (non-hydrogen) atoms. The quantitative estimate of drug-likeness (QED) is 0.734. The van der Waals surface area contributed by atoms with E-state index in [4.69, 9.17) is 4.74 Å². The molecule has 0 aromatic heterocycles. The second kappa shape index (κ2) is 3.30. The van der Waals surface area contributed by atoms with Gasteiger partial charge in [-0.25, -0.2) is 0 Å². The average molecular weight is 219 g/mol. The smallest absolute Gasteiger partial charge is 0.224 e. The number of nitrogens with one attached hydrogen (secondary N) is 1. The van der Waals surface area contributed by atoms with Crippen LogP contribution in [0.4, 0.5) is 5.69 Å². The summed E-state index contributed by atoms with van der Waals surface area (Å²) in [5, 5.41) is 12.9. The summed E-state index contributed by atoms with van der Waals surface area (Å²) in [6.07, 6.45) is 1.26. The van der Waals surface area contributed by atoms with Gasteiger partial charge >= 0.3 is 0 Å². The number of amides is 1. The molecule has 84 valence electrons. The number of hydrogen-bond acceptors (Lipinski definition) is 3. The van der Waals surface area contributed by atoms with Crippen LogP contribution in [0.2, 0.25) is 0 Å². The second-order valence-corrected chi connectivity index (χ2v) is 4.44. The van der Waals surface area contributed by atoms with E-state index in [9.17, 15) is 9.90 Å². The molecule has 0 unspecified atom stereocenters. The fraction of sp³-hybridized carbons (Fsp3) is 0.417. The Hall–Kier alpha value is -1.39. The van der Waals surface area contributed by atoms with Crippen molar-refractivity contribution in [2.45, 2.75) is 18.4 Å². The summed E-state index contributed by atoms with van der Waals surface area (Å²) in [7, 11) is 0. The van der Waals surface area contributed by atoms with Crippen molar-refractivity contribution >= 4 is 11.6 Å². The van der Waals surface area contributed by atoms with Crippen molar-refractivity contribution < 1.29 is 14.6 Å². The van der Waals surface area contributed by atoms with Gasteiger partial charge in [0, 0.05) is 12.1 Å². The highest BCUT2D eigenvalue weighted by atomic mass is 16.5. The minimum Gasteiger partial charge on any atom is -0.380 e. The van der Waals surface area contributed by atoms with Crippen molar-refractivity contribution in [3.8, 4) is 0 Å². The van der Waals surface area contributed by atoms with Crippen LogP contribution in [0.3, 0.4) is 0 Å². The Kier molecular flexibility index (Phi) is 2.02. The number of benzene rings is 1. The molecule has 1 saturated heterocycles.